The van der Waals surface area contributed by atoms with Crippen molar-refractivity contribution in [1.29, 1.82) is 0 Å². The molecule has 1 heterocycles. The number of piperazine rings is 1. The SMILES string of the molecule is CC(C)C(N)C(=O)N1CCN(CCO)CC1. The second-order valence-electron chi connectivity index (χ2n) is 4.66. The van der Waals surface area contributed by atoms with Gasteiger partial charge in [0.05, 0.1) is 12.6 Å². The van der Waals surface area contributed by atoms with Crippen LogP contribution < -0.4 is 5.73 Å². The highest BCUT2D eigenvalue weighted by molar-refractivity contribution is 5.82. The molecule has 0 aliphatic carbocycles. The monoisotopic (exact) mass is 229 g/mol. The van der Waals surface area contributed by atoms with Gasteiger partial charge in [0, 0.05) is 32.7 Å². The molecule has 1 amide bonds. The molecule has 3 N–H and O–H groups in total. The predicted molar refractivity (Wildman–Crippen MR) is 62.9 cm³/mol. The molecule has 1 atom stereocenters. The van der Waals surface area contributed by atoms with Crippen molar-refractivity contribution in [3.05, 3.63) is 0 Å². The van der Waals surface area contributed by atoms with Crippen LogP contribution in [0.5, 0.6) is 0 Å². The van der Waals surface area contributed by atoms with Crippen molar-refractivity contribution < 1.29 is 9.90 Å². The molecule has 0 aromatic carbocycles. The quantitative estimate of drug-likeness (QED) is 0.656. The summed E-state index contributed by atoms with van der Waals surface area (Å²) in [5.74, 6) is 0.238. The van der Waals surface area contributed by atoms with Crippen LogP contribution in [0.2, 0.25) is 0 Å². The Balaban J connectivity index is 2.38. The minimum atomic E-state index is -0.385. The van der Waals surface area contributed by atoms with Crippen LogP contribution in [0.15, 0.2) is 0 Å². The molecule has 94 valence electrons. The molecule has 1 fully saturated rings. The van der Waals surface area contributed by atoms with E-state index in [1.165, 1.54) is 0 Å². The highest BCUT2D eigenvalue weighted by Crippen LogP contribution is 2.07. The van der Waals surface area contributed by atoms with Gasteiger partial charge in [-0.15, -0.1) is 0 Å². The molecule has 0 radical (unpaired) electrons. The fourth-order valence-corrected chi connectivity index (χ4v) is 1.83. The molecule has 1 unspecified atom stereocenters. The third-order valence-corrected chi connectivity index (χ3v) is 3.10. The molecule has 0 aromatic rings. The largest absolute Gasteiger partial charge is 0.395 e. The third-order valence-electron chi connectivity index (χ3n) is 3.10. The van der Waals surface area contributed by atoms with Crippen LogP contribution in [0.25, 0.3) is 0 Å². The summed E-state index contributed by atoms with van der Waals surface area (Å²) in [4.78, 5) is 15.9. The molecule has 16 heavy (non-hydrogen) atoms. The lowest BCUT2D eigenvalue weighted by Crippen LogP contribution is -2.54. The second-order valence-corrected chi connectivity index (χ2v) is 4.66. The Morgan fingerprint density at radius 2 is 1.88 bits per heavy atom. The van der Waals surface area contributed by atoms with E-state index in [1.54, 1.807) is 0 Å². The lowest BCUT2D eigenvalue weighted by atomic mass is 10.0. The highest BCUT2D eigenvalue weighted by atomic mass is 16.3. The van der Waals surface area contributed by atoms with E-state index in [-0.39, 0.29) is 24.5 Å². The average Bonchev–Trinajstić information content (AvgIpc) is 2.28. The Labute approximate surface area is 97.2 Å². The molecule has 1 aliphatic rings. The Bertz CT molecular complexity index is 225. The van der Waals surface area contributed by atoms with Gasteiger partial charge in [-0.3, -0.25) is 9.69 Å². The van der Waals surface area contributed by atoms with Crippen LogP contribution in [0.4, 0.5) is 0 Å². The van der Waals surface area contributed by atoms with Crippen molar-refractivity contribution in [2.75, 3.05) is 39.3 Å². The van der Waals surface area contributed by atoms with Gasteiger partial charge in [0.1, 0.15) is 0 Å². The van der Waals surface area contributed by atoms with Gasteiger partial charge in [-0.1, -0.05) is 13.8 Å². The van der Waals surface area contributed by atoms with E-state index < -0.39 is 0 Å². The van der Waals surface area contributed by atoms with Crippen molar-refractivity contribution in [2.24, 2.45) is 11.7 Å². The van der Waals surface area contributed by atoms with Gasteiger partial charge in [-0.05, 0) is 5.92 Å². The Hall–Kier alpha value is -0.650. The van der Waals surface area contributed by atoms with E-state index in [0.717, 1.165) is 26.2 Å². The Morgan fingerprint density at radius 1 is 1.31 bits per heavy atom. The number of aliphatic hydroxyl groups is 1. The maximum atomic E-state index is 11.9. The number of rotatable bonds is 4. The van der Waals surface area contributed by atoms with E-state index in [9.17, 15) is 4.79 Å². The van der Waals surface area contributed by atoms with Crippen LogP contribution in [-0.4, -0.2) is 66.2 Å². The molecule has 0 spiro atoms. The Kier molecular flexibility index (Phi) is 5.18. The van der Waals surface area contributed by atoms with Crippen molar-refractivity contribution >= 4 is 5.91 Å². The van der Waals surface area contributed by atoms with Crippen molar-refractivity contribution in [3.8, 4) is 0 Å². The number of β-amino-alcohol motifs (C(OH)–C–C–N with tert-alkyl or cyclic N) is 1. The number of amides is 1. The standard InChI is InChI=1S/C11H23N3O2/c1-9(2)10(12)11(16)14-5-3-13(4-6-14)7-8-15/h9-10,15H,3-8,12H2,1-2H3. The number of nitrogens with two attached hydrogens (primary N) is 1. The smallest absolute Gasteiger partial charge is 0.239 e. The zero-order valence-corrected chi connectivity index (χ0v) is 10.2. The van der Waals surface area contributed by atoms with Crippen molar-refractivity contribution in [3.63, 3.8) is 0 Å². The molecule has 0 bridgehead atoms. The maximum absolute atomic E-state index is 11.9. The van der Waals surface area contributed by atoms with Gasteiger partial charge >= 0.3 is 0 Å². The second kappa shape index (κ2) is 6.18. The fraction of sp³-hybridized carbons (Fsp3) is 0.909. The number of nitrogens with zero attached hydrogens (tertiary/aromatic N) is 2. The number of aliphatic hydroxyl groups excluding tert-OH is 1. The van der Waals surface area contributed by atoms with E-state index in [4.69, 9.17) is 10.8 Å². The molecule has 1 saturated heterocycles. The number of carbonyl (C=O) groups excluding carboxylic acids is 1. The number of hydrogen-bond acceptors (Lipinski definition) is 4. The van der Waals surface area contributed by atoms with Crippen LogP contribution in [-0.2, 0) is 4.79 Å². The molecule has 1 aliphatic heterocycles. The Morgan fingerprint density at radius 3 is 2.31 bits per heavy atom. The first-order valence-electron chi connectivity index (χ1n) is 5.94. The van der Waals surface area contributed by atoms with E-state index in [0.29, 0.717) is 6.54 Å². The zero-order valence-electron chi connectivity index (χ0n) is 10.2. The topological polar surface area (TPSA) is 69.8 Å². The van der Waals surface area contributed by atoms with Gasteiger partial charge in [0.25, 0.3) is 0 Å². The number of hydrogen-bond donors (Lipinski definition) is 2. The van der Waals surface area contributed by atoms with Crippen LogP contribution in [0, 0.1) is 5.92 Å². The minimum absolute atomic E-state index is 0.0543. The molecule has 5 heteroatoms. The first-order chi connectivity index (χ1) is 7.56. The summed E-state index contributed by atoms with van der Waals surface area (Å²) in [6.07, 6.45) is 0. The van der Waals surface area contributed by atoms with Crippen molar-refractivity contribution in [2.45, 2.75) is 19.9 Å². The van der Waals surface area contributed by atoms with Gasteiger partial charge in [0.2, 0.25) is 5.91 Å². The van der Waals surface area contributed by atoms with Gasteiger partial charge in [-0.25, -0.2) is 0 Å². The van der Waals surface area contributed by atoms with Gasteiger partial charge in [0.15, 0.2) is 0 Å². The normalized spacial score (nSPS) is 20.2. The maximum Gasteiger partial charge on any atom is 0.239 e. The fourth-order valence-electron chi connectivity index (χ4n) is 1.83. The molecule has 0 saturated carbocycles. The number of carbonyl (C=O) groups is 1. The summed E-state index contributed by atoms with van der Waals surface area (Å²) in [6, 6.07) is -0.385. The van der Waals surface area contributed by atoms with Crippen LogP contribution in [0.3, 0.4) is 0 Å². The molecular weight excluding hydrogens is 206 g/mol. The third kappa shape index (κ3) is 3.43. The summed E-state index contributed by atoms with van der Waals surface area (Å²) in [6.45, 7) is 7.90. The highest BCUT2D eigenvalue weighted by Gasteiger charge is 2.26. The minimum Gasteiger partial charge on any atom is -0.395 e. The first kappa shape index (κ1) is 13.4. The van der Waals surface area contributed by atoms with Crippen molar-refractivity contribution in [1.82, 2.24) is 9.80 Å². The zero-order chi connectivity index (χ0) is 12.1. The van der Waals surface area contributed by atoms with Gasteiger partial charge < -0.3 is 15.7 Å². The van der Waals surface area contributed by atoms with E-state index in [2.05, 4.69) is 4.90 Å². The summed E-state index contributed by atoms with van der Waals surface area (Å²) in [5.41, 5.74) is 5.84. The van der Waals surface area contributed by atoms with Gasteiger partial charge in [-0.2, -0.15) is 0 Å². The molecular formula is C11H23N3O2. The lowest BCUT2D eigenvalue weighted by molar-refractivity contribution is -0.135. The summed E-state index contributed by atoms with van der Waals surface area (Å²) < 4.78 is 0. The summed E-state index contributed by atoms with van der Waals surface area (Å²) in [7, 11) is 0. The molecule has 1 rings (SSSR count). The average molecular weight is 229 g/mol. The molecule has 0 aromatic heterocycles. The lowest BCUT2D eigenvalue weighted by Gasteiger charge is -2.36. The van der Waals surface area contributed by atoms with Crippen LogP contribution >= 0.6 is 0 Å². The molecule has 5 nitrogen and oxygen atoms in total. The summed E-state index contributed by atoms with van der Waals surface area (Å²) >= 11 is 0. The predicted octanol–water partition coefficient (Wildman–Crippen LogP) is -0.894. The van der Waals surface area contributed by atoms with E-state index >= 15 is 0 Å². The van der Waals surface area contributed by atoms with E-state index in [1.807, 2.05) is 18.7 Å². The summed E-state index contributed by atoms with van der Waals surface area (Å²) in [5, 5.41) is 8.81. The van der Waals surface area contributed by atoms with Crippen LogP contribution in [0.1, 0.15) is 13.8 Å². The first-order valence-corrected chi connectivity index (χ1v) is 5.94.